The molecule has 35 heavy (non-hydrogen) atoms. The number of benzene rings is 1. The smallest absolute Gasteiger partial charge is 0.104 e. The van der Waals surface area contributed by atoms with Gasteiger partial charge in [0.1, 0.15) is 6.54 Å². The first-order valence-electron chi connectivity index (χ1n) is 15.7. The third kappa shape index (κ3) is 19.0. The van der Waals surface area contributed by atoms with E-state index in [1.54, 1.807) is 0 Å². The first-order chi connectivity index (χ1) is 16.8. The van der Waals surface area contributed by atoms with Gasteiger partial charge in [-0.3, -0.25) is 0 Å². The Labute approximate surface area is 221 Å². The molecule has 0 fully saturated rings. The summed E-state index contributed by atoms with van der Waals surface area (Å²) in [7, 11) is 0. The van der Waals surface area contributed by atoms with Crippen LogP contribution in [0.4, 0.5) is 0 Å². The molecule has 0 aliphatic heterocycles. The van der Waals surface area contributed by atoms with Crippen molar-refractivity contribution in [3.63, 3.8) is 0 Å². The van der Waals surface area contributed by atoms with Crippen molar-refractivity contribution < 1.29 is 9.96 Å². The monoisotopic (exact) mass is 489 g/mol. The minimum atomic E-state index is 0. The number of rotatable bonds is 25. The quantitative estimate of drug-likeness (QED) is 0.0991. The zero-order valence-corrected chi connectivity index (χ0v) is 24.3. The molecule has 0 spiro atoms. The van der Waals surface area contributed by atoms with E-state index in [0.717, 1.165) is 0 Å². The fourth-order valence-electron chi connectivity index (χ4n) is 5.84. The third-order valence-electron chi connectivity index (χ3n) is 7.74. The molecular formula is C33H63NO. The molecule has 1 N–H and O–H groups in total. The molecule has 0 aliphatic rings. The van der Waals surface area contributed by atoms with Gasteiger partial charge in [-0.25, -0.2) is 0 Å². The maximum Gasteiger partial charge on any atom is 0.104 e. The molecule has 0 atom stereocenters. The Morgan fingerprint density at radius 2 is 0.800 bits per heavy atom. The van der Waals surface area contributed by atoms with Crippen LogP contribution in [0.25, 0.3) is 0 Å². The van der Waals surface area contributed by atoms with Crippen molar-refractivity contribution in [2.45, 2.75) is 156 Å². The second-order valence-electron chi connectivity index (χ2n) is 11.2. The van der Waals surface area contributed by atoms with Crippen molar-refractivity contribution in [2.24, 2.45) is 0 Å². The van der Waals surface area contributed by atoms with E-state index in [0.29, 0.717) is 0 Å². The fourth-order valence-corrected chi connectivity index (χ4v) is 5.84. The first-order valence-corrected chi connectivity index (χ1v) is 15.7. The molecule has 1 aromatic rings. The summed E-state index contributed by atoms with van der Waals surface area (Å²) >= 11 is 0. The Balaban J connectivity index is 0.0000116. The van der Waals surface area contributed by atoms with Crippen molar-refractivity contribution in [1.82, 2.24) is 0 Å². The van der Waals surface area contributed by atoms with Crippen LogP contribution in [0.5, 0.6) is 0 Å². The fraction of sp³-hybridized carbons (Fsp3) is 0.818. The van der Waals surface area contributed by atoms with Gasteiger partial charge in [0.2, 0.25) is 0 Å². The summed E-state index contributed by atoms with van der Waals surface area (Å²) in [4.78, 5) is 0. The van der Waals surface area contributed by atoms with Crippen LogP contribution in [-0.4, -0.2) is 29.6 Å². The minimum Gasteiger partial charge on any atom is -0.870 e. The molecule has 0 saturated carbocycles. The van der Waals surface area contributed by atoms with Gasteiger partial charge in [-0.2, -0.15) is 0 Å². The van der Waals surface area contributed by atoms with E-state index in [2.05, 4.69) is 51.1 Å². The maximum absolute atomic E-state index is 2.36. The second kappa shape index (κ2) is 24.8. The van der Waals surface area contributed by atoms with Crippen LogP contribution in [-0.2, 0) is 6.54 Å². The summed E-state index contributed by atoms with van der Waals surface area (Å²) in [5.41, 5.74) is 1.52. The average Bonchev–Trinajstić information content (AvgIpc) is 2.84. The van der Waals surface area contributed by atoms with Crippen molar-refractivity contribution in [2.75, 3.05) is 19.6 Å². The van der Waals surface area contributed by atoms with Crippen LogP contribution < -0.4 is 0 Å². The molecule has 0 aliphatic carbocycles. The molecule has 206 valence electrons. The SMILES string of the molecule is CCCCCCCCCCCCCCCCCCCC[N+](CCC)(CCC)Cc1ccccc1.[OH-]. The highest BCUT2D eigenvalue weighted by Gasteiger charge is 2.25. The first kappa shape index (κ1) is 34.1. The molecule has 1 aromatic carbocycles. The molecule has 0 aromatic heterocycles. The summed E-state index contributed by atoms with van der Waals surface area (Å²) in [6.07, 6.45) is 28.8. The lowest BCUT2D eigenvalue weighted by Crippen LogP contribution is -2.49. The predicted octanol–water partition coefficient (Wildman–Crippen LogP) is 10.7. The third-order valence-corrected chi connectivity index (χ3v) is 7.74. The zero-order valence-electron chi connectivity index (χ0n) is 24.3. The van der Waals surface area contributed by atoms with Crippen molar-refractivity contribution in [3.05, 3.63) is 35.9 Å². The van der Waals surface area contributed by atoms with Crippen LogP contribution in [0.15, 0.2) is 30.3 Å². The molecular weight excluding hydrogens is 426 g/mol. The Morgan fingerprint density at radius 1 is 0.429 bits per heavy atom. The molecule has 0 saturated heterocycles. The number of hydrogen-bond acceptors (Lipinski definition) is 1. The maximum atomic E-state index is 2.36. The molecule has 0 bridgehead atoms. The van der Waals surface area contributed by atoms with Gasteiger partial charge in [0, 0.05) is 5.56 Å². The number of hydrogen-bond donors (Lipinski definition) is 0. The molecule has 0 heterocycles. The van der Waals surface area contributed by atoms with Crippen molar-refractivity contribution in [3.8, 4) is 0 Å². The highest BCUT2D eigenvalue weighted by Crippen LogP contribution is 2.20. The van der Waals surface area contributed by atoms with E-state index in [4.69, 9.17) is 0 Å². The van der Waals surface area contributed by atoms with Gasteiger partial charge < -0.3 is 9.96 Å². The van der Waals surface area contributed by atoms with Gasteiger partial charge in [0.15, 0.2) is 0 Å². The summed E-state index contributed by atoms with van der Waals surface area (Å²) in [6, 6.07) is 11.2. The van der Waals surface area contributed by atoms with Crippen LogP contribution >= 0.6 is 0 Å². The number of nitrogens with zero attached hydrogens (tertiary/aromatic N) is 1. The normalized spacial score (nSPS) is 11.5. The van der Waals surface area contributed by atoms with Gasteiger partial charge in [-0.05, 0) is 25.7 Å². The van der Waals surface area contributed by atoms with Gasteiger partial charge in [-0.1, -0.05) is 154 Å². The lowest BCUT2D eigenvalue weighted by Gasteiger charge is -2.39. The summed E-state index contributed by atoms with van der Waals surface area (Å²) in [6.45, 7) is 12.3. The Kier molecular flexibility index (Phi) is 24.2. The summed E-state index contributed by atoms with van der Waals surface area (Å²) in [5.74, 6) is 0. The van der Waals surface area contributed by atoms with E-state index in [1.807, 2.05) is 0 Å². The molecule has 0 radical (unpaired) electrons. The van der Waals surface area contributed by atoms with E-state index >= 15 is 0 Å². The van der Waals surface area contributed by atoms with E-state index in [9.17, 15) is 0 Å². The molecule has 0 unspecified atom stereocenters. The molecule has 0 amide bonds. The van der Waals surface area contributed by atoms with Crippen LogP contribution in [0, 0.1) is 0 Å². The van der Waals surface area contributed by atoms with Gasteiger partial charge in [-0.15, -0.1) is 0 Å². The van der Waals surface area contributed by atoms with Crippen LogP contribution in [0.3, 0.4) is 0 Å². The van der Waals surface area contributed by atoms with Crippen molar-refractivity contribution in [1.29, 1.82) is 0 Å². The van der Waals surface area contributed by atoms with Gasteiger partial charge in [0.25, 0.3) is 0 Å². The van der Waals surface area contributed by atoms with Crippen LogP contribution in [0.2, 0.25) is 0 Å². The number of quaternary nitrogens is 1. The lowest BCUT2D eigenvalue weighted by atomic mass is 10.0. The predicted molar refractivity (Wildman–Crippen MR) is 156 cm³/mol. The Hall–Kier alpha value is -0.860. The van der Waals surface area contributed by atoms with E-state index < -0.39 is 0 Å². The largest absolute Gasteiger partial charge is 0.870 e. The summed E-state index contributed by atoms with van der Waals surface area (Å²) in [5, 5.41) is 0. The van der Waals surface area contributed by atoms with E-state index in [1.165, 1.54) is 165 Å². The molecule has 2 heteroatoms. The Morgan fingerprint density at radius 3 is 1.17 bits per heavy atom. The Bertz CT molecular complexity index is 523. The van der Waals surface area contributed by atoms with Crippen molar-refractivity contribution >= 4 is 0 Å². The standard InChI is InChI=1S/C33H62N.H2O/c1-4-7-8-9-10-11-12-13-14-15-16-17-18-19-20-21-22-26-31-34(29-5-2,30-6-3)32-33-27-24-23-25-28-33;/h23-25,27-28H,4-22,26,29-32H2,1-3H3;1H2/q+1;/p-1. The summed E-state index contributed by atoms with van der Waals surface area (Å²) < 4.78 is 1.30. The second-order valence-corrected chi connectivity index (χ2v) is 11.2. The van der Waals surface area contributed by atoms with Gasteiger partial charge >= 0.3 is 0 Å². The van der Waals surface area contributed by atoms with Gasteiger partial charge in [0.05, 0.1) is 19.6 Å². The average molecular weight is 490 g/mol. The van der Waals surface area contributed by atoms with Crippen LogP contribution in [0.1, 0.15) is 155 Å². The minimum absolute atomic E-state index is 0. The number of unbranched alkanes of at least 4 members (excludes halogenated alkanes) is 17. The molecule has 2 nitrogen and oxygen atoms in total. The zero-order chi connectivity index (χ0) is 24.6. The topological polar surface area (TPSA) is 30.0 Å². The molecule has 1 rings (SSSR count). The lowest BCUT2D eigenvalue weighted by molar-refractivity contribution is -0.941. The highest BCUT2D eigenvalue weighted by molar-refractivity contribution is 5.13. The highest BCUT2D eigenvalue weighted by atomic mass is 16.0. The van der Waals surface area contributed by atoms with E-state index in [-0.39, 0.29) is 5.48 Å².